The van der Waals surface area contributed by atoms with Crippen molar-refractivity contribution >= 4 is 14.0 Å². The van der Waals surface area contributed by atoms with Crippen molar-refractivity contribution in [3.63, 3.8) is 0 Å². The van der Waals surface area contributed by atoms with Gasteiger partial charge in [-0.2, -0.15) is 0 Å². The lowest BCUT2D eigenvalue weighted by Crippen LogP contribution is -2.58. The third kappa shape index (κ3) is 1.83. The molecule has 0 N–H and O–H groups in total. The molecule has 4 atom stereocenters. The molecule has 3 fully saturated rings. The van der Waals surface area contributed by atoms with Gasteiger partial charge in [-0.1, -0.05) is 45.0 Å². The van der Waals surface area contributed by atoms with E-state index in [4.69, 9.17) is 14.5 Å². The first kappa shape index (κ1) is 14.0. The Morgan fingerprint density at radius 1 is 1.14 bits per heavy atom. The summed E-state index contributed by atoms with van der Waals surface area (Å²) in [5.74, 6) is 0.163. The van der Waals surface area contributed by atoms with Gasteiger partial charge in [0, 0.05) is 5.92 Å². The van der Waals surface area contributed by atoms with Crippen molar-refractivity contribution in [2.45, 2.75) is 70.1 Å². The van der Waals surface area contributed by atoms with Crippen molar-refractivity contribution in [1.29, 1.82) is 0 Å². The van der Waals surface area contributed by atoms with E-state index in [9.17, 15) is 4.79 Å². The Morgan fingerprint density at radius 2 is 1.86 bits per heavy atom. The van der Waals surface area contributed by atoms with Crippen LogP contribution in [0.15, 0.2) is 11.3 Å². The minimum absolute atomic E-state index is 0.00604. The van der Waals surface area contributed by atoms with Crippen molar-refractivity contribution in [3.8, 4) is 0 Å². The van der Waals surface area contributed by atoms with E-state index in [1.807, 2.05) is 0 Å². The van der Waals surface area contributed by atoms with Crippen LogP contribution < -0.4 is 0 Å². The number of esters is 1. The molecule has 2 saturated heterocycles. The van der Waals surface area contributed by atoms with Gasteiger partial charge < -0.3 is 4.74 Å². The number of hydrogen-bond donors (Lipinski definition) is 0. The molecule has 1 spiro atoms. The van der Waals surface area contributed by atoms with Gasteiger partial charge >= 0.3 is 5.97 Å². The molecule has 2 bridgehead atoms. The summed E-state index contributed by atoms with van der Waals surface area (Å²) in [4.78, 5) is 23.9. The van der Waals surface area contributed by atoms with Crippen LogP contribution in [0.5, 0.6) is 0 Å². The quantitative estimate of drug-likeness (QED) is 0.424. The lowest BCUT2D eigenvalue weighted by Gasteiger charge is -2.48. The smallest absolute Gasteiger partial charge is 0.313 e. The zero-order valence-electron chi connectivity index (χ0n) is 13.1. The second-order valence-corrected chi connectivity index (χ2v) is 13.1. The molecule has 0 aromatic carbocycles. The second-order valence-electron chi connectivity index (χ2n) is 8.06. The minimum atomic E-state index is -1.49. The van der Waals surface area contributed by atoms with Gasteiger partial charge in [-0.3, -0.25) is 4.79 Å². The van der Waals surface area contributed by atoms with Crippen molar-refractivity contribution in [3.05, 3.63) is 11.3 Å². The van der Waals surface area contributed by atoms with Gasteiger partial charge in [-0.25, -0.2) is 9.78 Å². The Balaban J connectivity index is 1.75. The van der Waals surface area contributed by atoms with Crippen LogP contribution in [0.3, 0.4) is 0 Å². The summed E-state index contributed by atoms with van der Waals surface area (Å²) < 4.78 is 5.86. The molecule has 3 aliphatic heterocycles. The third-order valence-corrected chi connectivity index (χ3v) is 8.01. The van der Waals surface area contributed by atoms with E-state index in [0.717, 1.165) is 25.7 Å². The van der Waals surface area contributed by atoms with Gasteiger partial charge in [0.1, 0.15) is 18.3 Å². The molecule has 21 heavy (non-hydrogen) atoms. The van der Waals surface area contributed by atoms with Crippen LogP contribution in [-0.2, 0) is 19.3 Å². The van der Waals surface area contributed by atoms with Crippen molar-refractivity contribution in [1.82, 2.24) is 0 Å². The van der Waals surface area contributed by atoms with Gasteiger partial charge in [0.2, 0.25) is 0 Å². The van der Waals surface area contributed by atoms with Crippen molar-refractivity contribution in [2.75, 3.05) is 0 Å². The van der Waals surface area contributed by atoms with Crippen LogP contribution in [0.25, 0.3) is 0 Å². The van der Waals surface area contributed by atoms with E-state index in [-0.39, 0.29) is 35.6 Å². The van der Waals surface area contributed by atoms with Crippen molar-refractivity contribution < 1.29 is 19.3 Å². The van der Waals surface area contributed by atoms with Gasteiger partial charge in [-0.15, -0.1) is 0 Å². The summed E-state index contributed by atoms with van der Waals surface area (Å²) in [5.41, 5.74) is -0.308. The fourth-order valence-corrected chi connectivity index (χ4v) is 6.51. The SMILES string of the molecule is C[Si](C)(C)C1=C[C@@H]2OO[C@@H]1[C@@H]1OC(=O)C3(CCCCC3)[C@@H]12. The standard InChI is InChI=1S/C16H24O4Si/c1-21(2,3)11-9-10-12-14(13(11)20-19-10)18-15(17)16(12)7-5-4-6-8-16/h9-10,12-14H,4-8H2,1-3H3/t10-,12+,13-,14+/m0/s1. The van der Waals surface area contributed by atoms with E-state index in [1.54, 1.807) is 0 Å². The van der Waals surface area contributed by atoms with Crippen LogP contribution in [0.2, 0.25) is 19.6 Å². The molecule has 0 amide bonds. The fourth-order valence-electron chi connectivity index (χ4n) is 4.78. The Hall–Kier alpha value is -0.653. The fraction of sp³-hybridized carbons (Fsp3) is 0.812. The monoisotopic (exact) mass is 308 g/mol. The highest BCUT2D eigenvalue weighted by atomic mass is 28.3. The molecule has 116 valence electrons. The predicted molar refractivity (Wildman–Crippen MR) is 80.1 cm³/mol. The predicted octanol–water partition coefficient (Wildman–Crippen LogP) is 2.99. The number of carbonyl (C=O) groups excluding carboxylic acids is 1. The van der Waals surface area contributed by atoms with Crippen LogP contribution in [0.4, 0.5) is 0 Å². The molecule has 0 unspecified atom stereocenters. The van der Waals surface area contributed by atoms with Crippen LogP contribution >= 0.6 is 0 Å². The van der Waals surface area contributed by atoms with Crippen molar-refractivity contribution in [2.24, 2.45) is 11.3 Å². The molecule has 5 aliphatic rings. The third-order valence-electron chi connectivity index (χ3n) is 5.83. The first-order valence-corrected chi connectivity index (χ1v) is 11.7. The molecule has 0 radical (unpaired) electrons. The second kappa shape index (κ2) is 4.43. The maximum Gasteiger partial charge on any atom is 0.313 e. The number of fused-ring (bicyclic) bond motifs is 1. The molecule has 3 heterocycles. The lowest BCUT2D eigenvalue weighted by molar-refractivity contribution is -0.394. The van der Waals surface area contributed by atoms with E-state index in [1.165, 1.54) is 11.6 Å². The van der Waals surface area contributed by atoms with Gasteiger partial charge in [0.25, 0.3) is 0 Å². The summed E-state index contributed by atoms with van der Waals surface area (Å²) in [5, 5.41) is 1.35. The molecule has 0 aromatic rings. The largest absolute Gasteiger partial charge is 0.458 e. The van der Waals surface area contributed by atoms with E-state index in [2.05, 4.69) is 25.7 Å². The zero-order valence-corrected chi connectivity index (χ0v) is 14.1. The van der Waals surface area contributed by atoms with E-state index in [0.29, 0.717) is 0 Å². The zero-order chi connectivity index (χ0) is 14.8. The topological polar surface area (TPSA) is 44.8 Å². The normalized spacial score (nSPS) is 40.9. The highest BCUT2D eigenvalue weighted by molar-refractivity contribution is 6.83. The van der Waals surface area contributed by atoms with Gasteiger partial charge in [0.05, 0.1) is 13.5 Å². The van der Waals surface area contributed by atoms with Crippen LogP contribution in [-0.4, -0.2) is 32.4 Å². The minimum Gasteiger partial charge on any atom is -0.458 e. The maximum atomic E-state index is 12.6. The molecular weight excluding hydrogens is 284 g/mol. The van der Waals surface area contributed by atoms with Crippen LogP contribution in [0, 0.1) is 11.3 Å². The highest BCUT2D eigenvalue weighted by Gasteiger charge is 2.66. The maximum absolute atomic E-state index is 12.6. The highest BCUT2D eigenvalue weighted by Crippen LogP contribution is 2.57. The number of rotatable bonds is 1. The molecule has 4 nitrogen and oxygen atoms in total. The molecular formula is C16H24O4Si. The summed E-state index contributed by atoms with van der Waals surface area (Å²) in [6, 6.07) is 0. The summed E-state index contributed by atoms with van der Waals surface area (Å²) in [7, 11) is -1.49. The van der Waals surface area contributed by atoms with E-state index >= 15 is 0 Å². The molecule has 2 aliphatic carbocycles. The van der Waals surface area contributed by atoms with Gasteiger partial charge in [-0.05, 0) is 18.0 Å². The lowest BCUT2D eigenvalue weighted by atomic mass is 9.62. The Morgan fingerprint density at radius 3 is 2.52 bits per heavy atom. The average molecular weight is 308 g/mol. The molecule has 5 rings (SSSR count). The Bertz CT molecular complexity index is 501. The number of carbonyl (C=O) groups is 1. The van der Waals surface area contributed by atoms with E-state index < -0.39 is 8.07 Å². The molecule has 5 heteroatoms. The molecule has 1 saturated carbocycles. The summed E-state index contributed by atoms with van der Waals surface area (Å²) in [6.45, 7) is 6.93. The summed E-state index contributed by atoms with van der Waals surface area (Å²) >= 11 is 0. The molecule has 0 aromatic heterocycles. The number of hydrogen-bond acceptors (Lipinski definition) is 4. The first-order valence-electron chi connectivity index (χ1n) is 8.19. The summed E-state index contributed by atoms with van der Waals surface area (Å²) in [6.07, 6.45) is 7.26. The Kier molecular flexibility index (Phi) is 2.95. The first-order chi connectivity index (χ1) is 9.93. The number of ether oxygens (including phenoxy) is 1. The van der Waals surface area contributed by atoms with Gasteiger partial charge in [0.15, 0.2) is 0 Å². The Labute approximate surface area is 126 Å². The van der Waals surface area contributed by atoms with Crippen LogP contribution in [0.1, 0.15) is 32.1 Å². The average Bonchev–Trinajstić information content (AvgIpc) is 2.74.